The minimum absolute atomic E-state index is 0.0193. The maximum atomic E-state index is 14.2. The third-order valence-corrected chi connectivity index (χ3v) is 4.30. The Hall–Kier alpha value is -1.14. The van der Waals surface area contributed by atoms with Crippen molar-refractivity contribution >= 4 is 27.6 Å². The fraction of sp³-hybridized carbons (Fsp3) is 0.462. The predicted molar refractivity (Wildman–Crippen MR) is 75.4 cm³/mol. The Kier molecular flexibility index (Phi) is 4.10. The van der Waals surface area contributed by atoms with Gasteiger partial charge >= 0.3 is 5.97 Å². The van der Waals surface area contributed by atoms with Crippen LogP contribution in [0.4, 0.5) is 10.1 Å². The van der Waals surface area contributed by atoms with Gasteiger partial charge in [0.2, 0.25) is 0 Å². The zero-order valence-electron chi connectivity index (χ0n) is 10.9. The van der Waals surface area contributed by atoms with Crippen LogP contribution in [0.15, 0.2) is 16.6 Å². The largest absolute Gasteiger partial charge is 0.478 e. The molecule has 1 heterocycles. The molecule has 1 aromatic carbocycles. The molecule has 2 rings (SSSR count). The van der Waals surface area contributed by atoms with Crippen LogP contribution in [0.5, 0.6) is 0 Å². The number of benzene rings is 1. The zero-order chi connectivity index (χ0) is 14.2. The highest BCUT2D eigenvalue weighted by molar-refractivity contribution is 9.10. The van der Waals surface area contributed by atoms with Gasteiger partial charge in [0.05, 0.1) is 15.7 Å². The quantitative estimate of drug-likeness (QED) is 0.924. The summed E-state index contributed by atoms with van der Waals surface area (Å²) in [6.45, 7) is 1.53. The van der Waals surface area contributed by atoms with Gasteiger partial charge in [0.1, 0.15) is 0 Å². The van der Waals surface area contributed by atoms with Crippen molar-refractivity contribution in [3.05, 3.63) is 28.0 Å². The van der Waals surface area contributed by atoms with Gasteiger partial charge in [0.25, 0.3) is 0 Å². The Morgan fingerprint density at radius 1 is 1.53 bits per heavy atom. The van der Waals surface area contributed by atoms with E-state index < -0.39 is 11.8 Å². The summed E-state index contributed by atoms with van der Waals surface area (Å²) in [6.07, 6.45) is 0.977. The number of carboxylic acid groups (broad SMARTS) is 1. The normalized spacial score (nSPS) is 19.2. The third-order valence-electron chi connectivity index (χ3n) is 3.53. The molecule has 1 saturated heterocycles. The first kappa shape index (κ1) is 14.3. The lowest BCUT2D eigenvalue weighted by atomic mass is 10.2. The number of nitrogens with zero attached hydrogens (tertiary/aromatic N) is 2. The lowest BCUT2D eigenvalue weighted by Crippen LogP contribution is -2.31. The summed E-state index contributed by atoms with van der Waals surface area (Å²) in [7, 11) is 4.02. The van der Waals surface area contributed by atoms with Crippen LogP contribution in [-0.2, 0) is 0 Å². The molecule has 0 spiro atoms. The van der Waals surface area contributed by atoms with E-state index in [1.165, 1.54) is 6.07 Å². The molecule has 0 radical (unpaired) electrons. The number of rotatable bonds is 3. The highest BCUT2D eigenvalue weighted by atomic mass is 79.9. The van der Waals surface area contributed by atoms with E-state index in [4.69, 9.17) is 5.11 Å². The molecule has 104 valence electrons. The Morgan fingerprint density at radius 3 is 2.74 bits per heavy atom. The first-order valence-electron chi connectivity index (χ1n) is 6.04. The SMILES string of the molecule is CN(C)C1CCN(c2ccc(C(=O)O)c(Br)c2F)C1. The molecule has 0 amide bonds. The topological polar surface area (TPSA) is 43.8 Å². The lowest BCUT2D eigenvalue weighted by Gasteiger charge is -2.22. The molecule has 1 aliphatic rings. The van der Waals surface area contributed by atoms with Gasteiger partial charge in [-0.25, -0.2) is 9.18 Å². The standard InChI is InChI=1S/C13H16BrFN2O2/c1-16(2)8-5-6-17(7-8)10-4-3-9(13(18)19)11(14)12(10)15/h3-4,8H,5-7H2,1-2H3,(H,18,19). The lowest BCUT2D eigenvalue weighted by molar-refractivity contribution is 0.0695. The third kappa shape index (κ3) is 2.74. The first-order chi connectivity index (χ1) is 8.91. The summed E-state index contributed by atoms with van der Waals surface area (Å²) in [5, 5.41) is 8.94. The van der Waals surface area contributed by atoms with Gasteiger partial charge < -0.3 is 14.9 Å². The Bertz CT molecular complexity index is 508. The highest BCUT2D eigenvalue weighted by Gasteiger charge is 2.27. The molecule has 0 aliphatic carbocycles. The van der Waals surface area contributed by atoms with Gasteiger partial charge in [-0.2, -0.15) is 0 Å². The van der Waals surface area contributed by atoms with E-state index >= 15 is 0 Å². The molecule has 4 nitrogen and oxygen atoms in total. The predicted octanol–water partition coefficient (Wildman–Crippen LogP) is 2.43. The average Bonchev–Trinajstić information content (AvgIpc) is 2.81. The Labute approximate surface area is 119 Å². The number of hydrogen-bond acceptors (Lipinski definition) is 3. The summed E-state index contributed by atoms with van der Waals surface area (Å²) >= 11 is 3.03. The summed E-state index contributed by atoms with van der Waals surface area (Å²) in [6, 6.07) is 3.38. The first-order valence-corrected chi connectivity index (χ1v) is 6.83. The number of aromatic carboxylic acids is 1. The van der Waals surface area contributed by atoms with Crippen LogP contribution in [0.2, 0.25) is 0 Å². The van der Waals surface area contributed by atoms with E-state index in [0.717, 1.165) is 19.5 Å². The summed E-state index contributed by atoms with van der Waals surface area (Å²) in [4.78, 5) is 15.0. The molecule has 1 N–H and O–H groups in total. The Balaban J connectivity index is 2.28. The number of halogens is 2. The molecule has 0 saturated carbocycles. The number of likely N-dealkylation sites (N-methyl/N-ethyl adjacent to an activating group) is 1. The minimum atomic E-state index is -1.13. The van der Waals surface area contributed by atoms with Crippen molar-refractivity contribution in [1.29, 1.82) is 0 Å². The average molecular weight is 331 g/mol. The summed E-state index contributed by atoms with van der Waals surface area (Å²) in [5.41, 5.74) is 0.408. The van der Waals surface area contributed by atoms with Crippen LogP contribution in [0.1, 0.15) is 16.8 Å². The highest BCUT2D eigenvalue weighted by Crippen LogP contribution is 2.31. The molecule has 6 heteroatoms. The second kappa shape index (κ2) is 5.46. The monoisotopic (exact) mass is 330 g/mol. The molecule has 1 unspecified atom stereocenters. The van der Waals surface area contributed by atoms with Crippen LogP contribution in [0, 0.1) is 5.82 Å². The molecule has 1 atom stereocenters. The van der Waals surface area contributed by atoms with E-state index in [-0.39, 0.29) is 10.0 Å². The number of anilines is 1. The van der Waals surface area contributed by atoms with Crippen molar-refractivity contribution in [2.45, 2.75) is 12.5 Å². The molecule has 19 heavy (non-hydrogen) atoms. The second-order valence-electron chi connectivity index (χ2n) is 4.92. The number of carboxylic acids is 1. The van der Waals surface area contributed by atoms with Gasteiger partial charge in [-0.3, -0.25) is 0 Å². The minimum Gasteiger partial charge on any atom is -0.478 e. The summed E-state index contributed by atoms with van der Waals surface area (Å²) < 4.78 is 14.3. The van der Waals surface area contributed by atoms with Gasteiger partial charge in [0.15, 0.2) is 5.82 Å². The molecule has 1 fully saturated rings. The van der Waals surface area contributed by atoms with Crippen LogP contribution >= 0.6 is 15.9 Å². The Morgan fingerprint density at radius 2 is 2.21 bits per heavy atom. The van der Waals surface area contributed by atoms with Crippen molar-refractivity contribution in [1.82, 2.24) is 4.90 Å². The van der Waals surface area contributed by atoms with Crippen LogP contribution in [-0.4, -0.2) is 49.2 Å². The van der Waals surface area contributed by atoms with Crippen molar-refractivity contribution in [2.24, 2.45) is 0 Å². The van der Waals surface area contributed by atoms with Gasteiger partial charge in [-0.15, -0.1) is 0 Å². The van der Waals surface area contributed by atoms with E-state index in [0.29, 0.717) is 11.7 Å². The number of hydrogen-bond donors (Lipinski definition) is 1. The van der Waals surface area contributed by atoms with Crippen molar-refractivity contribution < 1.29 is 14.3 Å². The van der Waals surface area contributed by atoms with Crippen molar-refractivity contribution in [3.63, 3.8) is 0 Å². The smallest absolute Gasteiger partial charge is 0.336 e. The van der Waals surface area contributed by atoms with Gasteiger partial charge in [-0.1, -0.05) is 0 Å². The zero-order valence-corrected chi connectivity index (χ0v) is 12.4. The maximum Gasteiger partial charge on any atom is 0.336 e. The van der Waals surface area contributed by atoms with Gasteiger partial charge in [0, 0.05) is 19.1 Å². The maximum absolute atomic E-state index is 14.2. The van der Waals surface area contributed by atoms with Crippen molar-refractivity contribution in [2.75, 3.05) is 32.1 Å². The van der Waals surface area contributed by atoms with Crippen LogP contribution in [0.3, 0.4) is 0 Å². The molecule has 1 aliphatic heterocycles. The van der Waals surface area contributed by atoms with Crippen LogP contribution in [0.25, 0.3) is 0 Å². The van der Waals surface area contributed by atoms with E-state index in [1.807, 2.05) is 19.0 Å². The fourth-order valence-electron chi connectivity index (χ4n) is 2.33. The fourth-order valence-corrected chi connectivity index (χ4v) is 2.84. The van der Waals surface area contributed by atoms with E-state index in [1.54, 1.807) is 6.07 Å². The van der Waals surface area contributed by atoms with E-state index in [2.05, 4.69) is 20.8 Å². The molecular weight excluding hydrogens is 315 g/mol. The van der Waals surface area contributed by atoms with Crippen molar-refractivity contribution in [3.8, 4) is 0 Å². The molecule has 1 aromatic rings. The summed E-state index contributed by atoms with van der Waals surface area (Å²) in [5.74, 6) is -1.63. The number of carbonyl (C=O) groups is 1. The van der Waals surface area contributed by atoms with Gasteiger partial charge in [-0.05, 0) is 48.6 Å². The molecule has 0 bridgehead atoms. The second-order valence-corrected chi connectivity index (χ2v) is 5.71. The van der Waals surface area contributed by atoms with E-state index in [9.17, 15) is 9.18 Å². The molecular formula is C13H16BrFN2O2. The van der Waals surface area contributed by atoms with Crippen LogP contribution < -0.4 is 4.90 Å². The molecule has 0 aromatic heterocycles.